The summed E-state index contributed by atoms with van der Waals surface area (Å²) in [5.74, 6) is 0.124. The highest BCUT2D eigenvalue weighted by molar-refractivity contribution is 7.98. The second kappa shape index (κ2) is 7.99. The summed E-state index contributed by atoms with van der Waals surface area (Å²) in [6, 6.07) is 5.61. The van der Waals surface area contributed by atoms with Crippen molar-refractivity contribution >= 4 is 34.1 Å². The molecule has 3 aromatic rings. The van der Waals surface area contributed by atoms with Crippen molar-refractivity contribution in [3.63, 3.8) is 0 Å². The second-order valence-corrected chi connectivity index (χ2v) is 6.86. The van der Waals surface area contributed by atoms with Crippen molar-refractivity contribution < 1.29 is 13.9 Å². The summed E-state index contributed by atoms with van der Waals surface area (Å²) in [6.07, 6.45) is 3.27. The molecule has 0 amide bonds. The van der Waals surface area contributed by atoms with Gasteiger partial charge in [-0.2, -0.15) is 5.26 Å². The van der Waals surface area contributed by atoms with E-state index < -0.39 is 5.97 Å². The summed E-state index contributed by atoms with van der Waals surface area (Å²) in [5, 5.41) is 17.9. The number of nitrogens with two attached hydrogens (primary N) is 1. The van der Waals surface area contributed by atoms with Crippen molar-refractivity contribution in [2.75, 3.05) is 12.3 Å². The van der Waals surface area contributed by atoms with Crippen LogP contribution >= 0.6 is 23.1 Å². The number of thioether (sulfide) groups is 1. The minimum Gasteiger partial charge on any atom is -0.462 e. The molecule has 10 heteroatoms. The first kappa shape index (κ1) is 17.9. The van der Waals surface area contributed by atoms with E-state index >= 15 is 0 Å². The van der Waals surface area contributed by atoms with Gasteiger partial charge in [-0.1, -0.05) is 11.8 Å². The minimum atomic E-state index is -0.497. The fourth-order valence-electron chi connectivity index (χ4n) is 2.11. The molecule has 0 saturated heterocycles. The summed E-state index contributed by atoms with van der Waals surface area (Å²) in [7, 11) is 0. The quantitative estimate of drug-likeness (QED) is 0.501. The monoisotopic (exact) mass is 387 g/mol. The molecule has 2 N–H and O–H groups in total. The maximum atomic E-state index is 12.1. The molecule has 3 aromatic heterocycles. The number of rotatable bonds is 6. The molecule has 0 aliphatic heterocycles. The first-order valence-electron chi connectivity index (χ1n) is 7.49. The van der Waals surface area contributed by atoms with Crippen LogP contribution in [0.2, 0.25) is 0 Å². The number of pyridine rings is 1. The van der Waals surface area contributed by atoms with Crippen molar-refractivity contribution in [3.8, 4) is 17.5 Å². The number of esters is 1. The third-order valence-electron chi connectivity index (χ3n) is 3.26. The van der Waals surface area contributed by atoms with Crippen LogP contribution in [-0.2, 0) is 10.5 Å². The Morgan fingerprint density at radius 1 is 1.50 bits per heavy atom. The average Bonchev–Trinajstić information content (AvgIpc) is 3.25. The van der Waals surface area contributed by atoms with Gasteiger partial charge in [-0.3, -0.25) is 4.98 Å². The highest BCUT2D eigenvalue weighted by atomic mass is 32.2. The lowest BCUT2D eigenvalue weighted by atomic mass is 10.2. The number of thiophene rings is 1. The van der Waals surface area contributed by atoms with Gasteiger partial charge in [-0.25, -0.2) is 4.79 Å². The average molecular weight is 387 g/mol. The molecule has 0 bridgehead atoms. The zero-order valence-corrected chi connectivity index (χ0v) is 15.3. The Hall–Kier alpha value is -2.90. The third-order valence-corrected chi connectivity index (χ3v) is 5.15. The normalized spacial score (nSPS) is 10.5. The number of nitriles is 1. The number of nitrogen functional groups attached to an aromatic ring is 1. The van der Waals surface area contributed by atoms with Crippen molar-refractivity contribution in [1.29, 1.82) is 5.26 Å². The van der Waals surface area contributed by atoms with Gasteiger partial charge in [0.1, 0.15) is 15.9 Å². The minimum absolute atomic E-state index is 0.239. The first-order chi connectivity index (χ1) is 12.6. The largest absolute Gasteiger partial charge is 0.462 e. The first-order valence-corrected chi connectivity index (χ1v) is 9.29. The number of ether oxygens (including phenoxy) is 1. The van der Waals surface area contributed by atoms with E-state index in [1.165, 1.54) is 11.8 Å². The fraction of sp³-hybridized carbons (Fsp3) is 0.188. The van der Waals surface area contributed by atoms with Crippen LogP contribution in [0.4, 0.5) is 5.00 Å². The Kier molecular flexibility index (Phi) is 5.50. The lowest BCUT2D eigenvalue weighted by Gasteiger charge is -2.02. The van der Waals surface area contributed by atoms with E-state index in [1.54, 1.807) is 31.5 Å². The van der Waals surface area contributed by atoms with Gasteiger partial charge in [0.05, 0.1) is 17.7 Å². The summed E-state index contributed by atoms with van der Waals surface area (Å²) >= 11 is 2.26. The maximum Gasteiger partial charge on any atom is 0.348 e. The van der Waals surface area contributed by atoms with Crippen LogP contribution < -0.4 is 5.73 Å². The van der Waals surface area contributed by atoms with Gasteiger partial charge in [-0.05, 0) is 19.1 Å². The molecular formula is C16H13N5O3S2. The molecule has 26 heavy (non-hydrogen) atoms. The second-order valence-electron chi connectivity index (χ2n) is 4.88. The smallest absolute Gasteiger partial charge is 0.348 e. The number of hydrogen-bond acceptors (Lipinski definition) is 10. The van der Waals surface area contributed by atoms with E-state index in [-0.39, 0.29) is 22.9 Å². The lowest BCUT2D eigenvalue weighted by Crippen LogP contribution is -2.05. The van der Waals surface area contributed by atoms with Crippen LogP contribution in [0.1, 0.15) is 27.7 Å². The van der Waals surface area contributed by atoms with Gasteiger partial charge in [0, 0.05) is 23.7 Å². The van der Waals surface area contributed by atoms with Gasteiger partial charge >= 0.3 is 5.97 Å². The summed E-state index contributed by atoms with van der Waals surface area (Å²) < 4.78 is 10.6. The molecule has 8 nitrogen and oxygen atoms in total. The van der Waals surface area contributed by atoms with Gasteiger partial charge in [0.15, 0.2) is 0 Å². The number of carbonyl (C=O) groups excluding carboxylic acids is 1. The van der Waals surface area contributed by atoms with E-state index in [0.29, 0.717) is 27.1 Å². The summed E-state index contributed by atoms with van der Waals surface area (Å²) in [5.41, 5.74) is 7.35. The van der Waals surface area contributed by atoms with Crippen LogP contribution in [0.5, 0.6) is 0 Å². The van der Waals surface area contributed by atoms with Crippen LogP contribution in [0.15, 0.2) is 34.2 Å². The zero-order valence-electron chi connectivity index (χ0n) is 13.6. The molecule has 0 spiro atoms. The number of carbonyl (C=O) groups is 1. The predicted molar refractivity (Wildman–Crippen MR) is 96.5 cm³/mol. The molecule has 0 aliphatic carbocycles. The molecule has 0 aliphatic rings. The summed E-state index contributed by atoms with van der Waals surface area (Å²) in [6.45, 7) is 1.95. The Bertz CT molecular complexity index is 962. The van der Waals surface area contributed by atoms with Crippen molar-refractivity contribution in [1.82, 2.24) is 15.2 Å². The Labute approximate surface area is 157 Å². The number of nitrogens with zero attached hydrogens (tertiary/aromatic N) is 4. The van der Waals surface area contributed by atoms with Crippen molar-refractivity contribution in [3.05, 3.63) is 40.5 Å². The number of hydrogen-bond donors (Lipinski definition) is 1. The highest BCUT2D eigenvalue weighted by Crippen LogP contribution is 2.35. The molecule has 3 heterocycles. The van der Waals surface area contributed by atoms with Crippen LogP contribution in [0, 0.1) is 11.3 Å². The van der Waals surface area contributed by atoms with E-state index in [9.17, 15) is 10.1 Å². The van der Waals surface area contributed by atoms with Crippen LogP contribution in [0.3, 0.4) is 0 Å². The van der Waals surface area contributed by atoms with Crippen molar-refractivity contribution in [2.24, 2.45) is 0 Å². The highest BCUT2D eigenvalue weighted by Gasteiger charge is 2.23. The van der Waals surface area contributed by atoms with Crippen molar-refractivity contribution in [2.45, 2.75) is 17.9 Å². The van der Waals surface area contributed by atoms with E-state index in [4.69, 9.17) is 14.9 Å². The van der Waals surface area contributed by atoms with Gasteiger partial charge < -0.3 is 14.9 Å². The predicted octanol–water partition coefficient (Wildman–Crippen LogP) is 3.12. The SMILES string of the molecule is CCOC(=O)c1sc(N)c(C#N)c1CSc1nnc(-c2cccnc2)o1. The van der Waals surface area contributed by atoms with Crippen LogP contribution in [-0.4, -0.2) is 27.8 Å². The molecule has 0 fully saturated rings. The molecule has 0 unspecified atom stereocenters. The van der Waals surface area contributed by atoms with E-state index in [2.05, 4.69) is 15.2 Å². The standard InChI is InChI=1S/C16H13N5O3S2/c1-2-23-15(22)12-11(10(6-17)13(18)26-12)8-25-16-21-20-14(24-16)9-4-3-5-19-7-9/h3-5,7H,2,8,18H2,1H3. The maximum absolute atomic E-state index is 12.1. The Morgan fingerprint density at radius 2 is 2.35 bits per heavy atom. The Morgan fingerprint density at radius 3 is 3.04 bits per heavy atom. The lowest BCUT2D eigenvalue weighted by molar-refractivity contribution is 0.0531. The van der Waals surface area contributed by atoms with Gasteiger partial charge in [-0.15, -0.1) is 21.5 Å². The topological polar surface area (TPSA) is 128 Å². The number of anilines is 1. The Balaban J connectivity index is 1.81. The summed E-state index contributed by atoms with van der Waals surface area (Å²) in [4.78, 5) is 16.4. The molecule has 0 atom stereocenters. The molecule has 3 rings (SSSR count). The molecule has 132 valence electrons. The van der Waals surface area contributed by atoms with E-state index in [1.807, 2.05) is 6.07 Å². The van der Waals surface area contributed by atoms with Gasteiger partial charge in [0.25, 0.3) is 5.22 Å². The third kappa shape index (κ3) is 3.68. The number of aromatic nitrogens is 3. The molecule has 0 aromatic carbocycles. The molecule has 0 saturated carbocycles. The van der Waals surface area contributed by atoms with Crippen LogP contribution in [0.25, 0.3) is 11.5 Å². The van der Waals surface area contributed by atoms with Gasteiger partial charge in [0.2, 0.25) is 5.89 Å². The molecule has 0 radical (unpaired) electrons. The molecular weight excluding hydrogens is 374 g/mol. The fourth-order valence-corrected chi connectivity index (χ4v) is 3.93. The zero-order chi connectivity index (χ0) is 18.5. The van der Waals surface area contributed by atoms with E-state index in [0.717, 1.165) is 11.3 Å².